The molecular formula is C33H33ClN2O6S. The van der Waals surface area contributed by atoms with Crippen molar-refractivity contribution in [1.29, 1.82) is 0 Å². The maximum atomic E-state index is 13.8. The molecule has 0 saturated carbocycles. The SMILES string of the molecule is COc1ccc(S(=O)(=O)N(CC(=O)Nc2cccc(C(=O)c3ccc(C(C)(C)C)cc3)c2)c2ccc(Cl)cc2)cc1OC. The first kappa shape index (κ1) is 31.6. The zero-order chi connectivity index (χ0) is 31.4. The number of methoxy groups -OCH3 is 2. The van der Waals surface area contributed by atoms with E-state index in [9.17, 15) is 18.0 Å². The van der Waals surface area contributed by atoms with Crippen molar-refractivity contribution < 1.29 is 27.5 Å². The Morgan fingerprint density at radius 2 is 1.47 bits per heavy atom. The maximum Gasteiger partial charge on any atom is 0.264 e. The zero-order valence-electron chi connectivity index (χ0n) is 24.6. The number of carbonyl (C=O) groups excluding carboxylic acids is 2. The molecule has 0 spiro atoms. The average molecular weight is 621 g/mol. The molecule has 224 valence electrons. The largest absolute Gasteiger partial charge is 0.493 e. The second-order valence-corrected chi connectivity index (χ2v) is 13.1. The highest BCUT2D eigenvalue weighted by atomic mass is 35.5. The van der Waals surface area contributed by atoms with Gasteiger partial charge in [-0.05, 0) is 59.5 Å². The van der Waals surface area contributed by atoms with Gasteiger partial charge in [-0.15, -0.1) is 0 Å². The van der Waals surface area contributed by atoms with Crippen LogP contribution in [0.3, 0.4) is 0 Å². The molecule has 1 N–H and O–H groups in total. The van der Waals surface area contributed by atoms with E-state index in [1.807, 2.05) is 12.1 Å². The lowest BCUT2D eigenvalue weighted by atomic mass is 9.86. The van der Waals surface area contributed by atoms with Crippen molar-refractivity contribution >= 4 is 44.7 Å². The number of hydrogen-bond acceptors (Lipinski definition) is 6. The van der Waals surface area contributed by atoms with Crippen LogP contribution in [0, 0.1) is 0 Å². The van der Waals surface area contributed by atoms with Crippen LogP contribution in [0.5, 0.6) is 11.5 Å². The molecule has 8 nitrogen and oxygen atoms in total. The normalized spacial score (nSPS) is 11.5. The van der Waals surface area contributed by atoms with E-state index in [2.05, 4.69) is 26.1 Å². The van der Waals surface area contributed by atoms with E-state index in [1.54, 1.807) is 36.4 Å². The van der Waals surface area contributed by atoms with Gasteiger partial charge < -0.3 is 14.8 Å². The van der Waals surface area contributed by atoms with Gasteiger partial charge in [0.1, 0.15) is 6.54 Å². The first-order valence-electron chi connectivity index (χ1n) is 13.4. The van der Waals surface area contributed by atoms with Crippen molar-refractivity contribution in [3.63, 3.8) is 0 Å². The summed E-state index contributed by atoms with van der Waals surface area (Å²) in [5.41, 5.74) is 2.55. The first-order valence-corrected chi connectivity index (χ1v) is 15.2. The molecule has 4 aromatic carbocycles. The molecule has 10 heteroatoms. The van der Waals surface area contributed by atoms with E-state index >= 15 is 0 Å². The molecule has 0 radical (unpaired) electrons. The number of ketones is 1. The molecule has 4 aromatic rings. The van der Waals surface area contributed by atoms with E-state index in [-0.39, 0.29) is 27.5 Å². The highest BCUT2D eigenvalue weighted by molar-refractivity contribution is 7.92. The Kier molecular flexibility index (Phi) is 9.47. The first-order chi connectivity index (χ1) is 20.3. The molecule has 4 rings (SSSR count). The van der Waals surface area contributed by atoms with Gasteiger partial charge in [-0.25, -0.2) is 8.42 Å². The van der Waals surface area contributed by atoms with Crippen molar-refractivity contribution in [1.82, 2.24) is 0 Å². The number of carbonyl (C=O) groups is 2. The molecule has 0 heterocycles. The molecule has 0 aliphatic heterocycles. The van der Waals surface area contributed by atoms with Crippen LogP contribution < -0.4 is 19.1 Å². The number of sulfonamides is 1. The zero-order valence-corrected chi connectivity index (χ0v) is 26.1. The number of hydrogen-bond donors (Lipinski definition) is 1. The van der Waals surface area contributed by atoms with Gasteiger partial charge in [0.15, 0.2) is 17.3 Å². The summed E-state index contributed by atoms with van der Waals surface area (Å²) < 4.78 is 39.2. The standard InChI is InChI=1S/C33H33ClN2O6S/c1-33(2,3)24-11-9-22(10-12-24)32(38)23-7-6-8-26(19-23)35-31(37)21-36(27-15-13-25(34)14-16-27)43(39,40)28-17-18-29(41-4)30(20-28)42-5/h6-20H,21H2,1-5H3,(H,35,37). The molecule has 0 aromatic heterocycles. The summed E-state index contributed by atoms with van der Waals surface area (Å²) in [4.78, 5) is 26.4. The second kappa shape index (κ2) is 12.9. The number of benzene rings is 4. The van der Waals surface area contributed by atoms with Gasteiger partial charge in [0.25, 0.3) is 10.0 Å². The molecule has 0 fully saturated rings. The van der Waals surface area contributed by atoms with E-state index in [1.165, 1.54) is 56.7 Å². The number of ether oxygens (including phenoxy) is 2. The third kappa shape index (κ3) is 7.36. The Morgan fingerprint density at radius 3 is 2.07 bits per heavy atom. The number of nitrogens with one attached hydrogen (secondary N) is 1. The van der Waals surface area contributed by atoms with Crippen molar-refractivity contribution in [2.75, 3.05) is 30.4 Å². The lowest BCUT2D eigenvalue weighted by Crippen LogP contribution is -2.38. The van der Waals surface area contributed by atoms with Crippen molar-refractivity contribution in [3.8, 4) is 11.5 Å². The maximum absolute atomic E-state index is 13.8. The minimum atomic E-state index is -4.24. The van der Waals surface area contributed by atoms with Crippen molar-refractivity contribution in [3.05, 3.63) is 113 Å². The Bertz CT molecular complexity index is 1730. The monoisotopic (exact) mass is 620 g/mol. The number of halogens is 1. The fourth-order valence-electron chi connectivity index (χ4n) is 4.38. The minimum Gasteiger partial charge on any atom is -0.493 e. The number of rotatable bonds is 10. The number of anilines is 2. The van der Waals surface area contributed by atoms with Gasteiger partial charge in [0.2, 0.25) is 5.91 Å². The van der Waals surface area contributed by atoms with E-state index in [4.69, 9.17) is 21.1 Å². The van der Waals surface area contributed by atoms with Crippen LogP contribution in [0.2, 0.25) is 5.02 Å². The van der Waals surface area contributed by atoms with Crippen LogP contribution in [0.15, 0.2) is 95.9 Å². The molecular weight excluding hydrogens is 588 g/mol. The molecule has 0 saturated heterocycles. The summed E-state index contributed by atoms with van der Waals surface area (Å²) in [5, 5.41) is 3.13. The third-order valence-electron chi connectivity index (χ3n) is 6.77. The van der Waals surface area contributed by atoms with Gasteiger partial charge in [-0.1, -0.05) is 68.8 Å². The minimum absolute atomic E-state index is 0.0431. The summed E-state index contributed by atoms with van der Waals surface area (Å²) in [6.07, 6.45) is 0. The van der Waals surface area contributed by atoms with Gasteiger partial charge in [-0.2, -0.15) is 0 Å². The van der Waals surface area contributed by atoms with Gasteiger partial charge >= 0.3 is 0 Å². The summed E-state index contributed by atoms with van der Waals surface area (Å²) in [5.74, 6) is -0.232. The average Bonchev–Trinajstić information content (AvgIpc) is 2.99. The Labute approximate surface area is 257 Å². The Balaban J connectivity index is 1.59. The lowest BCUT2D eigenvalue weighted by molar-refractivity contribution is -0.114. The summed E-state index contributed by atoms with van der Waals surface area (Å²) in [7, 11) is -1.40. The van der Waals surface area contributed by atoms with E-state index in [0.29, 0.717) is 27.6 Å². The summed E-state index contributed by atoms with van der Waals surface area (Å²) >= 11 is 6.04. The molecule has 0 aliphatic rings. The number of nitrogens with zero attached hydrogens (tertiary/aromatic N) is 1. The molecule has 0 unspecified atom stereocenters. The smallest absolute Gasteiger partial charge is 0.264 e. The summed E-state index contributed by atoms with van der Waals surface area (Å²) in [6, 6.07) is 24.2. The predicted octanol–water partition coefficient (Wildman–Crippen LogP) is 6.72. The van der Waals surface area contributed by atoms with Gasteiger partial charge in [-0.3, -0.25) is 13.9 Å². The van der Waals surface area contributed by atoms with Crippen LogP contribution in [-0.4, -0.2) is 40.9 Å². The second-order valence-electron chi connectivity index (χ2n) is 10.8. The van der Waals surface area contributed by atoms with Crippen molar-refractivity contribution in [2.24, 2.45) is 0 Å². The topological polar surface area (TPSA) is 102 Å². The van der Waals surface area contributed by atoms with Crippen molar-refractivity contribution in [2.45, 2.75) is 31.1 Å². The quantitative estimate of drug-likeness (QED) is 0.198. The number of amides is 1. The van der Waals surface area contributed by atoms with Gasteiger partial charge in [0, 0.05) is 27.9 Å². The highest BCUT2D eigenvalue weighted by Crippen LogP contribution is 2.32. The molecule has 0 atom stereocenters. The molecule has 0 aliphatic carbocycles. The Morgan fingerprint density at radius 1 is 0.814 bits per heavy atom. The van der Waals surface area contributed by atoms with Crippen LogP contribution in [0.1, 0.15) is 42.3 Å². The fourth-order valence-corrected chi connectivity index (χ4v) is 5.95. The molecule has 0 bridgehead atoms. The summed E-state index contributed by atoms with van der Waals surface area (Å²) in [6.45, 7) is 5.75. The highest BCUT2D eigenvalue weighted by Gasteiger charge is 2.28. The third-order valence-corrected chi connectivity index (χ3v) is 8.79. The van der Waals surface area contributed by atoms with Crippen LogP contribution in [0.25, 0.3) is 0 Å². The van der Waals surface area contributed by atoms with E-state index < -0.39 is 22.5 Å². The van der Waals surface area contributed by atoms with Crippen LogP contribution in [0.4, 0.5) is 11.4 Å². The lowest BCUT2D eigenvalue weighted by Gasteiger charge is -2.24. The van der Waals surface area contributed by atoms with Crippen LogP contribution in [-0.2, 0) is 20.2 Å². The fraction of sp³-hybridized carbons (Fsp3) is 0.212. The van der Waals surface area contributed by atoms with E-state index in [0.717, 1.165) is 9.87 Å². The van der Waals surface area contributed by atoms with Crippen LogP contribution >= 0.6 is 11.6 Å². The Hall–Kier alpha value is -4.34. The molecule has 43 heavy (non-hydrogen) atoms. The predicted molar refractivity (Wildman–Crippen MR) is 169 cm³/mol. The molecule has 1 amide bonds. The van der Waals surface area contributed by atoms with Gasteiger partial charge in [0.05, 0.1) is 24.8 Å².